The van der Waals surface area contributed by atoms with E-state index in [1.54, 1.807) is 97.1 Å². The van der Waals surface area contributed by atoms with Crippen LogP contribution >= 0.6 is 11.6 Å². The van der Waals surface area contributed by atoms with Gasteiger partial charge in [0.25, 0.3) is 23.6 Å². The maximum atomic E-state index is 14.1. The first-order valence-corrected chi connectivity index (χ1v) is 36.9. The molecular weight excluding hydrogens is 1490 g/mol. The van der Waals surface area contributed by atoms with Crippen molar-refractivity contribution in [1.82, 2.24) is 0 Å². The molecule has 9 N–H and O–H groups in total. The average Bonchev–Trinajstić information content (AvgIpc) is 0.846. The van der Waals surface area contributed by atoms with Gasteiger partial charge >= 0.3 is 29.8 Å². The zero-order valence-corrected chi connectivity index (χ0v) is 64.7. The SMILES string of the molecule is CCCCc1ccc(CC(=O)c2ccccc2C(=O)O)c(C)c1.CCCCc1ccc(NC(=O)c2ccccc2C(=O)O)c(Cl)c1.CCCCc1ccc(NC(=O)c2ccccc2C(=O)O)c(F)c1.CCCOc1ccc(NC(=O)c2ccccc2C(=O)O)cc1C#N.COc1ccc(NC(=O)c2ccccc2C(=O)O)cc1C#N. The van der Waals surface area contributed by atoms with Crippen molar-refractivity contribution in [2.75, 3.05) is 35.0 Å². The van der Waals surface area contributed by atoms with Crippen molar-refractivity contribution in [2.24, 2.45) is 0 Å². The molecule has 115 heavy (non-hydrogen) atoms. The number of anilines is 4. The number of hydrogen-bond acceptors (Lipinski definition) is 14. The monoisotopic (exact) mass is 1580 g/mol. The Hall–Kier alpha value is -14.1. The summed E-state index contributed by atoms with van der Waals surface area (Å²) in [5.41, 5.74) is 7.34. The summed E-state index contributed by atoms with van der Waals surface area (Å²) in [6.07, 6.45) is 10.3. The second-order valence-corrected chi connectivity index (χ2v) is 26.0. The van der Waals surface area contributed by atoms with Crippen LogP contribution in [0.5, 0.6) is 11.5 Å². The Labute approximate surface area is 669 Å². The number of rotatable bonds is 29. The molecule has 0 unspecified atom stereocenters. The third-order valence-electron chi connectivity index (χ3n) is 17.2. The summed E-state index contributed by atoms with van der Waals surface area (Å²) in [6, 6.07) is 59.7. The quantitative estimate of drug-likeness (QED) is 0.0197. The van der Waals surface area contributed by atoms with Gasteiger partial charge in [-0.2, -0.15) is 10.5 Å². The van der Waals surface area contributed by atoms with Crippen LogP contribution in [0.2, 0.25) is 5.02 Å². The van der Waals surface area contributed by atoms with Crippen LogP contribution in [-0.2, 0) is 25.7 Å². The second-order valence-electron chi connectivity index (χ2n) is 25.6. The van der Waals surface area contributed by atoms with Crippen molar-refractivity contribution >= 4 is 93.6 Å². The molecule has 0 saturated heterocycles. The molecule has 0 aliphatic heterocycles. The second kappa shape index (κ2) is 45.9. The van der Waals surface area contributed by atoms with Gasteiger partial charge in [-0.3, -0.25) is 24.0 Å². The maximum Gasteiger partial charge on any atom is 0.336 e. The van der Waals surface area contributed by atoms with Gasteiger partial charge in [-0.05, 0) is 195 Å². The third kappa shape index (κ3) is 27.1. The molecule has 0 fully saturated rings. The van der Waals surface area contributed by atoms with Crippen LogP contribution in [0.25, 0.3) is 0 Å². The summed E-state index contributed by atoms with van der Waals surface area (Å²) in [6.45, 7) is 10.8. The first kappa shape index (κ1) is 89.8. The van der Waals surface area contributed by atoms with E-state index in [2.05, 4.69) is 54.2 Å². The number of halogens is 2. The number of unbranched alkanes of at least 4 members (excludes halogenated alkanes) is 3. The highest BCUT2D eigenvalue weighted by molar-refractivity contribution is 6.34. The molecule has 0 radical (unpaired) electrons. The van der Waals surface area contributed by atoms with Gasteiger partial charge in [-0.15, -0.1) is 0 Å². The summed E-state index contributed by atoms with van der Waals surface area (Å²) >= 11 is 6.21. The highest BCUT2D eigenvalue weighted by Gasteiger charge is 2.23. The van der Waals surface area contributed by atoms with E-state index >= 15 is 0 Å². The number of carbonyl (C=O) groups is 10. The number of methoxy groups -OCH3 is 1. The Morgan fingerprint density at radius 3 is 1.10 bits per heavy atom. The largest absolute Gasteiger partial charge is 0.495 e. The van der Waals surface area contributed by atoms with Crippen molar-refractivity contribution in [3.8, 4) is 23.6 Å². The number of aromatic carboxylic acids is 5. The van der Waals surface area contributed by atoms with Crippen LogP contribution in [0.1, 0.15) is 215 Å². The van der Waals surface area contributed by atoms with Crippen molar-refractivity contribution in [3.63, 3.8) is 0 Å². The lowest BCUT2D eigenvalue weighted by Gasteiger charge is -2.10. The number of carboxylic acid groups (broad SMARTS) is 5. The van der Waals surface area contributed by atoms with Gasteiger partial charge < -0.3 is 56.3 Å². The summed E-state index contributed by atoms with van der Waals surface area (Å²) < 4.78 is 24.6. The van der Waals surface area contributed by atoms with E-state index in [0.717, 1.165) is 86.5 Å². The van der Waals surface area contributed by atoms with Crippen molar-refractivity contribution in [3.05, 3.63) is 318 Å². The topological polar surface area (TPSA) is 386 Å². The van der Waals surface area contributed by atoms with Crippen LogP contribution in [-0.4, -0.2) is 98.5 Å². The lowest BCUT2D eigenvalue weighted by molar-refractivity contribution is 0.0683. The fourth-order valence-corrected chi connectivity index (χ4v) is 11.5. The van der Waals surface area contributed by atoms with E-state index in [1.165, 1.54) is 97.6 Å². The van der Waals surface area contributed by atoms with Crippen LogP contribution < -0.4 is 30.7 Å². The number of amides is 4. The highest BCUT2D eigenvalue weighted by atomic mass is 35.5. The number of hydrogen-bond donors (Lipinski definition) is 9. The molecule has 10 aromatic carbocycles. The summed E-state index contributed by atoms with van der Waals surface area (Å²) in [5, 5.41) is 74.6. The van der Waals surface area contributed by atoms with Gasteiger partial charge in [-0.1, -0.05) is 156 Å². The molecule has 0 atom stereocenters. The van der Waals surface area contributed by atoms with E-state index in [0.29, 0.717) is 45.8 Å². The summed E-state index contributed by atoms with van der Waals surface area (Å²) in [7, 11) is 1.44. The van der Waals surface area contributed by atoms with Crippen LogP contribution in [0.3, 0.4) is 0 Å². The number of ether oxygens (including phenoxy) is 2. The fraction of sp³-hybridized carbons (Fsp3) is 0.200. The molecule has 0 bridgehead atoms. The third-order valence-corrected chi connectivity index (χ3v) is 17.6. The number of nitrogens with one attached hydrogen (secondary N) is 4. The lowest BCUT2D eigenvalue weighted by Crippen LogP contribution is -2.17. The van der Waals surface area contributed by atoms with Crippen molar-refractivity contribution < 1.29 is 87.3 Å². The molecule has 592 valence electrons. The minimum absolute atomic E-state index is 0.00513. The predicted octanol–water partition coefficient (Wildman–Crippen LogP) is 19.0. The molecular formula is C90H86ClFN6O17. The lowest BCUT2D eigenvalue weighted by atomic mass is 9.94. The van der Waals surface area contributed by atoms with Crippen molar-refractivity contribution in [1.29, 1.82) is 10.5 Å². The first-order chi connectivity index (χ1) is 55.2. The smallest absolute Gasteiger partial charge is 0.336 e. The summed E-state index contributed by atoms with van der Waals surface area (Å²) in [5.74, 6) is -7.88. The fourth-order valence-electron chi connectivity index (χ4n) is 11.2. The Balaban J connectivity index is 0.000000224. The number of nitrogens with zero attached hydrogens (tertiary/aromatic N) is 2. The predicted molar refractivity (Wildman–Crippen MR) is 436 cm³/mol. The van der Waals surface area contributed by atoms with Crippen LogP contribution in [0.15, 0.2) is 212 Å². The normalized spacial score (nSPS) is 10.1. The molecule has 0 aromatic heterocycles. The van der Waals surface area contributed by atoms with Gasteiger partial charge in [0, 0.05) is 23.4 Å². The Bertz CT molecular complexity index is 4970. The Kier molecular flexibility index (Phi) is 35.8. The van der Waals surface area contributed by atoms with Gasteiger partial charge in [0.2, 0.25) is 0 Å². The molecule has 4 amide bonds. The van der Waals surface area contributed by atoms with E-state index in [4.69, 9.17) is 46.8 Å². The molecule has 0 saturated carbocycles. The van der Waals surface area contributed by atoms with E-state index in [1.807, 2.05) is 44.2 Å². The van der Waals surface area contributed by atoms with E-state index in [9.17, 15) is 62.7 Å². The number of benzene rings is 10. The Morgan fingerprint density at radius 1 is 0.400 bits per heavy atom. The number of Topliss-reactive ketones (excluding diaryl/α,β-unsaturated/α-hetero) is 1. The minimum atomic E-state index is -1.20. The number of carboxylic acids is 5. The van der Waals surface area contributed by atoms with Gasteiger partial charge in [0.05, 0.1) is 91.3 Å². The van der Waals surface area contributed by atoms with Gasteiger partial charge in [0.15, 0.2) is 5.78 Å². The zero-order valence-electron chi connectivity index (χ0n) is 64.0. The maximum absolute atomic E-state index is 14.1. The van der Waals surface area contributed by atoms with Crippen LogP contribution in [0, 0.1) is 35.4 Å². The molecule has 23 nitrogen and oxygen atoms in total. The average molecular weight is 1580 g/mol. The number of aryl methyl sites for hydroxylation is 4. The van der Waals surface area contributed by atoms with E-state index in [-0.39, 0.29) is 79.1 Å². The zero-order chi connectivity index (χ0) is 84.1. The molecule has 0 aliphatic rings. The molecule has 0 heterocycles. The van der Waals surface area contributed by atoms with Crippen LogP contribution in [0.4, 0.5) is 27.1 Å². The molecule has 25 heteroatoms. The molecule has 10 aromatic rings. The minimum Gasteiger partial charge on any atom is -0.495 e. The number of ketones is 1. The number of carbonyl (C=O) groups excluding carboxylic acids is 5. The van der Waals surface area contributed by atoms with Crippen molar-refractivity contribution in [2.45, 2.75) is 105 Å². The Morgan fingerprint density at radius 2 is 0.739 bits per heavy atom. The van der Waals surface area contributed by atoms with Gasteiger partial charge in [0.1, 0.15) is 29.5 Å². The molecule has 0 aliphatic carbocycles. The molecule has 0 spiro atoms. The highest BCUT2D eigenvalue weighted by Crippen LogP contribution is 2.29. The number of nitriles is 2. The summed E-state index contributed by atoms with van der Waals surface area (Å²) in [4.78, 5) is 117. The first-order valence-electron chi connectivity index (χ1n) is 36.5. The van der Waals surface area contributed by atoms with E-state index < -0.39 is 59.3 Å². The standard InChI is InChI=1S/C20H22O3.C18H18ClNO3.C18H18FNO3.C18H16N2O4.C16H12N2O4/c1-3-4-7-15-10-11-16(14(2)12-15)13-19(21)17-8-5-6-9-18(17)20(22)23;2*1-2-3-6-12-9-10-16(15(19)11-12)20-17(21)13-7-4-5-8-14(13)18(22)23;1-2-9-24-16-8-7-13(10-12(16)11-19)20-17(21)14-5-3-4-6-15(14)18(22)23;1-22-14-7-6-11(8-10(14)9-17)18-15(19)12-4-2-3-5-13(12)16(20)21/h5-6,8-12H,3-4,7,13H2,1-2H3,(H,22,23);2*4-5,7-11H,2-3,6H2,1H3,(H,20,21)(H,22,23);3-8,10H,2,9H2,1H3,(H,20,21)(H,22,23);2-8H,1H3,(H,18,19)(H,20,21). The molecule has 10 rings (SSSR count). The van der Waals surface area contributed by atoms with Gasteiger partial charge in [-0.25, -0.2) is 28.4 Å².